The van der Waals surface area contributed by atoms with Gasteiger partial charge in [-0.3, -0.25) is 0 Å². The zero-order valence-corrected chi connectivity index (χ0v) is 16.0. The molecule has 0 radical (unpaired) electrons. The number of benzene rings is 2. The minimum absolute atomic E-state index is 0.140. The largest absolute Gasteiger partial charge is 0.496 e. The van der Waals surface area contributed by atoms with Crippen molar-refractivity contribution in [2.75, 3.05) is 14.2 Å². The molecule has 0 N–H and O–H groups in total. The molecule has 0 fully saturated rings. The van der Waals surface area contributed by atoms with E-state index in [1.165, 1.54) is 0 Å². The first kappa shape index (κ1) is 16.9. The minimum atomic E-state index is -0.140. The van der Waals surface area contributed by atoms with E-state index in [1.54, 1.807) is 26.4 Å². The van der Waals surface area contributed by atoms with E-state index in [1.807, 2.05) is 18.2 Å². The van der Waals surface area contributed by atoms with Gasteiger partial charge in [0.05, 0.1) is 23.5 Å². The average Bonchev–Trinajstić information content (AvgIpc) is 2.46. The lowest BCUT2D eigenvalue weighted by atomic mass is 10.0. The molecular weight excluding hydrogens is 443 g/mol. The predicted molar refractivity (Wildman–Crippen MR) is 94.5 cm³/mol. The lowest BCUT2D eigenvalue weighted by molar-refractivity contribution is 0.397. The third-order valence-corrected chi connectivity index (χ3v) is 5.18. The number of halogens is 4. The molecule has 0 aliphatic carbocycles. The van der Waals surface area contributed by atoms with Crippen molar-refractivity contribution in [2.24, 2.45) is 0 Å². The first-order chi connectivity index (χ1) is 9.97. The molecule has 0 bridgehead atoms. The Bertz CT molecular complexity index is 662. The second-order valence-electron chi connectivity index (χ2n) is 4.26. The molecule has 0 heterocycles. The fraction of sp³-hybridized carbons (Fsp3) is 0.200. The van der Waals surface area contributed by atoms with Crippen LogP contribution in [0.25, 0.3) is 0 Å². The molecule has 2 aromatic carbocycles. The summed E-state index contributed by atoms with van der Waals surface area (Å²) >= 11 is 19.3. The van der Waals surface area contributed by atoms with Gasteiger partial charge in [0.25, 0.3) is 0 Å². The molecule has 2 aromatic rings. The maximum absolute atomic E-state index is 6.28. The Hall–Kier alpha value is -0.420. The highest BCUT2D eigenvalue weighted by molar-refractivity contribution is 9.10. The summed E-state index contributed by atoms with van der Waals surface area (Å²) < 4.78 is 11.6. The van der Waals surface area contributed by atoms with E-state index in [9.17, 15) is 0 Å². The SMILES string of the molecule is COc1cc(C(Br)c2ccc(Cl)cc2Cl)c(OC)cc1Br. The maximum Gasteiger partial charge on any atom is 0.133 e. The Balaban J connectivity index is 2.53. The van der Waals surface area contributed by atoms with Gasteiger partial charge in [-0.1, -0.05) is 45.2 Å². The van der Waals surface area contributed by atoms with Crippen molar-refractivity contribution >= 4 is 55.1 Å². The van der Waals surface area contributed by atoms with Crippen LogP contribution in [0.15, 0.2) is 34.8 Å². The van der Waals surface area contributed by atoms with Gasteiger partial charge >= 0.3 is 0 Å². The van der Waals surface area contributed by atoms with Crippen molar-refractivity contribution in [3.8, 4) is 11.5 Å². The van der Waals surface area contributed by atoms with Gasteiger partial charge in [0, 0.05) is 15.6 Å². The van der Waals surface area contributed by atoms with Crippen LogP contribution in [0.1, 0.15) is 16.0 Å². The van der Waals surface area contributed by atoms with Crippen LogP contribution in [0.4, 0.5) is 0 Å². The highest BCUT2D eigenvalue weighted by Gasteiger charge is 2.20. The summed E-state index contributed by atoms with van der Waals surface area (Å²) in [5.41, 5.74) is 1.82. The lowest BCUT2D eigenvalue weighted by Gasteiger charge is -2.18. The number of hydrogen-bond donors (Lipinski definition) is 0. The van der Waals surface area contributed by atoms with Crippen molar-refractivity contribution < 1.29 is 9.47 Å². The molecule has 2 rings (SSSR count). The molecule has 6 heteroatoms. The summed E-state index contributed by atoms with van der Waals surface area (Å²) in [4.78, 5) is -0.140. The zero-order chi connectivity index (χ0) is 15.6. The Labute approximate surface area is 150 Å². The summed E-state index contributed by atoms with van der Waals surface area (Å²) in [6.07, 6.45) is 0. The van der Waals surface area contributed by atoms with Crippen molar-refractivity contribution in [2.45, 2.75) is 4.83 Å². The van der Waals surface area contributed by atoms with E-state index < -0.39 is 0 Å². The van der Waals surface area contributed by atoms with E-state index in [0.29, 0.717) is 10.0 Å². The van der Waals surface area contributed by atoms with Crippen LogP contribution in [0, 0.1) is 0 Å². The third kappa shape index (κ3) is 3.67. The molecule has 0 saturated heterocycles. The molecule has 0 aliphatic rings. The fourth-order valence-electron chi connectivity index (χ4n) is 1.96. The molecule has 0 saturated carbocycles. The number of ether oxygens (including phenoxy) is 2. The Morgan fingerprint density at radius 3 is 2.19 bits per heavy atom. The molecular formula is C15H12Br2Cl2O2. The van der Waals surface area contributed by atoms with E-state index in [4.69, 9.17) is 32.7 Å². The zero-order valence-electron chi connectivity index (χ0n) is 11.3. The smallest absolute Gasteiger partial charge is 0.133 e. The second-order valence-corrected chi connectivity index (χ2v) is 6.87. The monoisotopic (exact) mass is 452 g/mol. The van der Waals surface area contributed by atoms with Gasteiger partial charge in [-0.2, -0.15) is 0 Å². The standard InChI is InChI=1S/C15H12Br2Cl2O2/c1-20-13-7-11(16)14(21-2)6-10(13)15(17)9-4-3-8(18)5-12(9)19/h3-7,15H,1-2H3. The van der Waals surface area contributed by atoms with Gasteiger partial charge in [-0.05, 0) is 45.8 Å². The van der Waals surface area contributed by atoms with E-state index in [0.717, 1.165) is 27.1 Å². The Morgan fingerprint density at radius 1 is 0.952 bits per heavy atom. The summed E-state index contributed by atoms with van der Waals surface area (Å²) in [6, 6.07) is 9.19. The average molecular weight is 455 g/mol. The molecule has 112 valence electrons. The summed E-state index contributed by atoms with van der Waals surface area (Å²) in [5.74, 6) is 1.45. The fourth-order valence-corrected chi connectivity index (χ4v) is 3.85. The topological polar surface area (TPSA) is 18.5 Å². The van der Waals surface area contributed by atoms with Crippen molar-refractivity contribution in [1.29, 1.82) is 0 Å². The van der Waals surface area contributed by atoms with Gasteiger partial charge in [0.1, 0.15) is 11.5 Å². The van der Waals surface area contributed by atoms with Gasteiger partial charge in [0.15, 0.2) is 0 Å². The number of hydrogen-bond acceptors (Lipinski definition) is 2. The highest BCUT2D eigenvalue weighted by Crippen LogP contribution is 2.43. The van der Waals surface area contributed by atoms with Crippen molar-refractivity contribution in [3.63, 3.8) is 0 Å². The van der Waals surface area contributed by atoms with Crippen LogP contribution in [0.3, 0.4) is 0 Å². The van der Waals surface area contributed by atoms with Crippen LogP contribution in [-0.2, 0) is 0 Å². The predicted octanol–water partition coefficient (Wildman–Crippen LogP) is 6.26. The Kier molecular flexibility index (Phi) is 5.83. The molecule has 21 heavy (non-hydrogen) atoms. The first-order valence-corrected chi connectivity index (χ1v) is 8.44. The van der Waals surface area contributed by atoms with Crippen LogP contribution >= 0.6 is 55.1 Å². The number of methoxy groups -OCH3 is 2. The molecule has 1 atom stereocenters. The van der Waals surface area contributed by atoms with E-state index >= 15 is 0 Å². The first-order valence-electron chi connectivity index (χ1n) is 5.98. The number of rotatable bonds is 4. The quantitative estimate of drug-likeness (QED) is 0.508. The summed E-state index contributed by atoms with van der Waals surface area (Å²) in [6.45, 7) is 0. The normalized spacial score (nSPS) is 12.1. The summed E-state index contributed by atoms with van der Waals surface area (Å²) in [5, 5.41) is 1.19. The Morgan fingerprint density at radius 2 is 1.62 bits per heavy atom. The van der Waals surface area contributed by atoms with Gasteiger partial charge in [0.2, 0.25) is 0 Å². The van der Waals surface area contributed by atoms with E-state index in [-0.39, 0.29) is 4.83 Å². The van der Waals surface area contributed by atoms with Crippen molar-refractivity contribution in [1.82, 2.24) is 0 Å². The molecule has 0 amide bonds. The summed E-state index contributed by atoms with van der Waals surface area (Å²) in [7, 11) is 3.25. The van der Waals surface area contributed by atoms with Crippen molar-refractivity contribution in [3.05, 3.63) is 56.0 Å². The molecule has 1 unspecified atom stereocenters. The highest BCUT2D eigenvalue weighted by atomic mass is 79.9. The molecule has 0 spiro atoms. The van der Waals surface area contributed by atoms with Crippen LogP contribution in [-0.4, -0.2) is 14.2 Å². The minimum Gasteiger partial charge on any atom is -0.496 e. The lowest BCUT2D eigenvalue weighted by Crippen LogP contribution is -1.99. The second kappa shape index (κ2) is 7.23. The van der Waals surface area contributed by atoms with Crippen LogP contribution in [0.2, 0.25) is 10.0 Å². The number of alkyl halides is 1. The van der Waals surface area contributed by atoms with Crippen LogP contribution < -0.4 is 9.47 Å². The van der Waals surface area contributed by atoms with Crippen LogP contribution in [0.5, 0.6) is 11.5 Å². The van der Waals surface area contributed by atoms with Gasteiger partial charge < -0.3 is 9.47 Å². The molecule has 2 nitrogen and oxygen atoms in total. The maximum atomic E-state index is 6.28. The third-order valence-electron chi connectivity index (χ3n) is 3.01. The molecule has 0 aliphatic heterocycles. The van der Waals surface area contributed by atoms with Gasteiger partial charge in [-0.25, -0.2) is 0 Å². The van der Waals surface area contributed by atoms with Gasteiger partial charge in [-0.15, -0.1) is 0 Å². The molecule has 0 aromatic heterocycles. The van der Waals surface area contributed by atoms with E-state index in [2.05, 4.69) is 31.9 Å².